The summed E-state index contributed by atoms with van der Waals surface area (Å²) in [4.78, 5) is 5.58. The lowest BCUT2D eigenvalue weighted by Crippen LogP contribution is -1.94. The minimum Gasteiger partial charge on any atom is -0.305 e. The van der Waals surface area contributed by atoms with E-state index in [2.05, 4.69) is 58.0 Å². The molecule has 0 fully saturated rings. The minimum absolute atomic E-state index is 0.772. The molecule has 29 heavy (non-hydrogen) atoms. The number of allylic oxidation sites excluding steroid dienone is 2. The van der Waals surface area contributed by atoms with Crippen LogP contribution in [0.1, 0.15) is 23.9 Å². The van der Waals surface area contributed by atoms with E-state index in [4.69, 9.17) is 0 Å². The summed E-state index contributed by atoms with van der Waals surface area (Å²) < 4.78 is 3.74. The van der Waals surface area contributed by atoms with Crippen molar-refractivity contribution in [3.8, 4) is 0 Å². The Kier molecular flexibility index (Phi) is 5.31. The topological polar surface area (TPSA) is 61.4 Å². The monoisotopic (exact) mass is 402 g/mol. The zero-order chi connectivity index (χ0) is 20.4. The zero-order valence-corrected chi connectivity index (χ0v) is 17.5. The van der Waals surface area contributed by atoms with Crippen LogP contribution in [0.5, 0.6) is 0 Å². The van der Waals surface area contributed by atoms with Gasteiger partial charge in [-0.05, 0) is 59.7 Å². The second kappa shape index (κ2) is 8.05. The molecule has 7 heteroatoms. The fourth-order valence-electron chi connectivity index (χ4n) is 3.08. The van der Waals surface area contributed by atoms with Gasteiger partial charge in [-0.25, -0.2) is 0 Å². The van der Waals surface area contributed by atoms with Crippen molar-refractivity contribution < 1.29 is 0 Å². The molecule has 0 saturated heterocycles. The molecule has 0 bridgehead atoms. The molecule has 1 aromatic carbocycles. The largest absolute Gasteiger partial charge is 0.305 e. The Bertz CT molecular complexity index is 1220. The molecule has 0 N–H and O–H groups in total. The van der Waals surface area contributed by atoms with E-state index in [-0.39, 0.29) is 0 Å². The number of rotatable bonds is 6. The molecule has 6 nitrogen and oxygen atoms in total. The van der Waals surface area contributed by atoms with Crippen LogP contribution in [0.4, 0.5) is 0 Å². The molecule has 0 amide bonds. The highest BCUT2D eigenvalue weighted by Gasteiger charge is 2.10. The van der Waals surface area contributed by atoms with Crippen molar-refractivity contribution in [3.05, 3.63) is 72.5 Å². The van der Waals surface area contributed by atoms with E-state index in [1.165, 1.54) is 10.9 Å². The lowest BCUT2D eigenvalue weighted by molar-refractivity contribution is 0.767. The molecular weight excluding hydrogens is 380 g/mol. The third kappa shape index (κ3) is 4.00. The van der Waals surface area contributed by atoms with Crippen molar-refractivity contribution in [2.24, 2.45) is 14.1 Å². The highest BCUT2D eigenvalue weighted by molar-refractivity contribution is 7.99. The highest BCUT2D eigenvalue weighted by atomic mass is 32.2. The molecule has 4 aromatic rings. The maximum Gasteiger partial charge on any atom is 0.196 e. The third-order valence-corrected chi connectivity index (χ3v) is 5.80. The first-order valence-corrected chi connectivity index (χ1v) is 10.2. The molecule has 0 aliphatic heterocycles. The molecule has 146 valence electrons. The smallest absolute Gasteiger partial charge is 0.196 e. The van der Waals surface area contributed by atoms with Crippen molar-refractivity contribution in [2.45, 2.75) is 23.4 Å². The second-order valence-corrected chi connectivity index (χ2v) is 7.81. The minimum atomic E-state index is 0.772. The van der Waals surface area contributed by atoms with Gasteiger partial charge in [0.2, 0.25) is 0 Å². The Morgan fingerprint density at radius 1 is 1.21 bits per heavy atom. The zero-order valence-electron chi connectivity index (χ0n) is 16.7. The van der Waals surface area contributed by atoms with Crippen molar-refractivity contribution in [3.63, 3.8) is 0 Å². The maximum absolute atomic E-state index is 4.46. The van der Waals surface area contributed by atoms with Gasteiger partial charge < -0.3 is 4.57 Å². The molecule has 0 radical (unpaired) electrons. The number of nitrogens with zero attached hydrogens (tertiary/aromatic N) is 6. The number of hydrogen-bond acceptors (Lipinski definition) is 5. The summed E-state index contributed by atoms with van der Waals surface area (Å²) in [6.07, 6.45) is 10.4. The summed E-state index contributed by atoms with van der Waals surface area (Å²) in [5, 5.41) is 14.9. The third-order valence-electron chi connectivity index (χ3n) is 4.77. The van der Waals surface area contributed by atoms with Crippen LogP contribution in [0.15, 0.2) is 65.6 Å². The van der Waals surface area contributed by atoms with Gasteiger partial charge in [0.15, 0.2) is 11.0 Å². The van der Waals surface area contributed by atoms with Gasteiger partial charge in [0, 0.05) is 42.3 Å². The van der Waals surface area contributed by atoms with Crippen LogP contribution in [0.25, 0.3) is 22.6 Å². The van der Waals surface area contributed by atoms with E-state index in [0.29, 0.717) is 0 Å². The van der Waals surface area contributed by atoms with Gasteiger partial charge >= 0.3 is 0 Å². The molecule has 0 spiro atoms. The van der Waals surface area contributed by atoms with E-state index < -0.39 is 0 Å². The Morgan fingerprint density at radius 3 is 2.83 bits per heavy atom. The fraction of sp³-hybridized carbons (Fsp3) is 0.182. The quantitative estimate of drug-likeness (QED) is 0.443. The number of benzene rings is 1. The van der Waals surface area contributed by atoms with Gasteiger partial charge in [-0.2, -0.15) is 5.10 Å². The number of fused-ring (bicyclic) bond motifs is 1. The molecule has 3 heterocycles. The summed E-state index contributed by atoms with van der Waals surface area (Å²) >= 11 is 1.59. The van der Waals surface area contributed by atoms with Crippen LogP contribution in [-0.2, 0) is 20.5 Å². The van der Waals surface area contributed by atoms with Crippen molar-refractivity contribution >= 4 is 34.3 Å². The molecule has 3 aromatic heterocycles. The van der Waals surface area contributed by atoms with E-state index in [9.17, 15) is 0 Å². The molecule has 4 rings (SSSR count). The molecule has 0 unspecified atom stereocenters. The Balaban J connectivity index is 1.55. The van der Waals surface area contributed by atoms with Crippen LogP contribution in [0.2, 0.25) is 0 Å². The average Bonchev–Trinajstić information content (AvgIpc) is 3.32. The van der Waals surface area contributed by atoms with Crippen molar-refractivity contribution in [2.75, 3.05) is 0 Å². The van der Waals surface area contributed by atoms with Crippen LogP contribution in [0, 0.1) is 0 Å². The van der Waals surface area contributed by atoms with E-state index in [1.807, 2.05) is 43.2 Å². The molecular formula is C22H22N6S. The Hall–Kier alpha value is -3.19. The SMILES string of the molecule is C=C(/C=C\c1nnc(Sc2ccc3nccc(CC)c3c2)n1C)c1cnn(C)c1. The van der Waals surface area contributed by atoms with Crippen LogP contribution >= 0.6 is 11.8 Å². The summed E-state index contributed by atoms with van der Waals surface area (Å²) in [6, 6.07) is 8.40. The van der Waals surface area contributed by atoms with Gasteiger partial charge in [0.25, 0.3) is 0 Å². The summed E-state index contributed by atoms with van der Waals surface area (Å²) in [7, 11) is 3.86. The summed E-state index contributed by atoms with van der Waals surface area (Å²) in [6.45, 7) is 6.26. The van der Waals surface area contributed by atoms with Gasteiger partial charge in [0.05, 0.1) is 11.7 Å². The number of aromatic nitrogens is 6. The average molecular weight is 403 g/mol. The molecule has 0 aliphatic rings. The predicted molar refractivity (Wildman–Crippen MR) is 118 cm³/mol. The first-order chi connectivity index (χ1) is 14.0. The molecule has 0 atom stereocenters. The van der Waals surface area contributed by atoms with Crippen LogP contribution in [-0.4, -0.2) is 29.5 Å². The van der Waals surface area contributed by atoms with Gasteiger partial charge in [-0.15, -0.1) is 10.2 Å². The first-order valence-electron chi connectivity index (χ1n) is 9.36. The lowest BCUT2D eigenvalue weighted by Gasteiger charge is -2.06. The van der Waals surface area contributed by atoms with E-state index in [0.717, 1.165) is 39.0 Å². The van der Waals surface area contributed by atoms with Gasteiger partial charge in [0.1, 0.15) is 0 Å². The van der Waals surface area contributed by atoms with Crippen molar-refractivity contribution in [1.29, 1.82) is 0 Å². The summed E-state index contributed by atoms with van der Waals surface area (Å²) in [5.41, 5.74) is 4.18. The molecule has 0 aliphatic carbocycles. The fourth-order valence-corrected chi connectivity index (χ4v) is 3.91. The highest BCUT2D eigenvalue weighted by Crippen LogP contribution is 2.30. The predicted octanol–water partition coefficient (Wildman–Crippen LogP) is 4.54. The van der Waals surface area contributed by atoms with Crippen molar-refractivity contribution in [1.82, 2.24) is 29.5 Å². The molecule has 0 saturated carbocycles. The Labute approximate surface area is 174 Å². The van der Waals surface area contributed by atoms with Crippen LogP contribution < -0.4 is 0 Å². The van der Waals surface area contributed by atoms with E-state index in [1.54, 1.807) is 22.6 Å². The number of pyridine rings is 1. The second-order valence-electron chi connectivity index (χ2n) is 6.77. The Morgan fingerprint density at radius 2 is 2.07 bits per heavy atom. The summed E-state index contributed by atoms with van der Waals surface area (Å²) in [5.74, 6) is 0.772. The standard InChI is InChI=1S/C22H22N6S/c1-5-16-10-11-23-20-8-7-18(12-19(16)20)29-22-26-25-21(28(22)4)9-6-15(2)17-13-24-27(3)14-17/h6-14H,2,5H2,1,3-4H3/b9-6-. The maximum atomic E-state index is 4.46. The number of aryl methyl sites for hydroxylation is 2. The van der Waals surface area contributed by atoms with Gasteiger partial charge in [-0.1, -0.05) is 19.6 Å². The first kappa shape index (κ1) is 19.1. The van der Waals surface area contributed by atoms with Crippen LogP contribution in [0.3, 0.4) is 0 Å². The van der Waals surface area contributed by atoms with Gasteiger partial charge in [-0.3, -0.25) is 9.67 Å². The number of hydrogen-bond donors (Lipinski definition) is 0. The lowest BCUT2D eigenvalue weighted by atomic mass is 10.1. The normalized spacial score (nSPS) is 11.6. The van der Waals surface area contributed by atoms with E-state index >= 15 is 0 Å².